The number of nitrogens with one attached hydrogen (secondary N) is 1. The number of benzene rings is 3. The number of hydrogen-bond acceptors (Lipinski definition) is 4. The lowest BCUT2D eigenvalue weighted by molar-refractivity contribution is -0.142. The van der Waals surface area contributed by atoms with Crippen molar-refractivity contribution in [2.24, 2.45) is 0 Å². The predicted molar refractivity (Wildman–Crippen MR) is 171 cm³/mol. The molecule has 0 aliphatic heterocycles. The summed E-state index contributed by atoms with van der Waals surface area (Å²) in [4.78, 5) is 29.5. The van der Waals surface area contributed by atoms with Gasteiger partial charge in [-0.1, -0.05) is 66.7 Å². The molecule has 0 spiro atoms. The van der Waals surface area contributed by atoms with Crippen molar-refractivity contribution in [1.29, 1.82) is 0 Å². The van der Waals surface area contributed by atoms with Crippen LogP contribution < -0.4 is 9.62 Å². The lowest BCUT2D eigenvalue weighted by atomic mass is 9.99. The molecular formula is C34H45N3O4S. The van der Waals surface area contributed by atoms with Gasteiger partial charge in [-0.25, -0.2) is 8.42 Å². The molecule has 0 aliphatic rings. The average molecular weight is 592 g/mol. The molecule has 8 heteroatoms. The Kier molecular flexibility index (Phi) is 11.0. The molecule has 3 rings (SSSR count). The summed E-state index contributed by atoms with van der Waals surface area (Å²) in [6, 6.07) is 22.4. The van der Waals surface area contributed by atoms with Gasteiger partial charge < -0.3 is 10.2 Å². The minimum absolute atomic E-state index is 0.0941. The molecule has 0 saturated heterocycles. The highest BCUT2D eigenvalue weighted by atomic mass is 32.2. The van der Waals surface area contributed by atoms with Crippen LogP contribution >= 0.6 is 0 Å². The summed E-state index contributed by atoms with van der Waals surface area (Å²) in [6.45, 7) is 12.0. The molecule has 0 bridgehead atoms. The van der Waals surface area contributed by atoms with E-state index in [1.165, 1.54) is 10.6 Å². The lowest BCUT2D eigenvalue weighted by Gasteiger charge is -2.34. The van der Waals surface area contributed by atoms with Crippen molar-refractivity contribution >= 4 is 27.5 Å². The quantitative estimate of drug-likeness (QED) is 0.292. The van der Waals surface area contributed by atoms with Gasteiger partial charge in [0.2, 0.25) is 21.8 Å². The number of amides is 2. The fraction of sp³-hybridized carbons (Fsp3) is 0.412. The van der Waals surface area contributed by atoms with Gasteiger partial charge in [0.05, 0.1) is 11.9 Å². The number of anilines is 1. The average Bonchev–Trinajstić information content (AvgIpc) is 2.90. The van der Waals surface area contributed by atoms with Crippen LogP contribution in [0.2, 0.25) is 0 Å². The van der Waals surface area contributed by atoms with Crippen molar-refractivity contribution in [1.82, 2.24) is 10.2 Å². The maximum atomic E-state index is 14.0. The maximum Gasteiger partial charge on any atom is 0.243 e. The Bertz CT molecular complexity index is 1480. The number of rotatable bonds is 12. The van der Waals surface area contributed by atoms with E-state index >= 15 is 0 Å². The van der Waals surface area contributed by atoms with E-state index in [0.29, 0.717) is 18.5 Å². The Labute approximate surface area is 252 Å². The summed E-state index contributed by atoms with van der Waals surface area (Å²) in [7, 11) is -3.58. The smallest absolute Gasteiger partial charge is 0.243 e. The first-order valence-corrected chi connectivity index (χ1v) is 16.3. The second kappa shape index (κ2) is 14.0. The van der Waals surface area contributed by atoms with Crippen molar-refractivity contribution in [3.8, 4) is 0 Å². The molecule has 0 saturated carbocycles. The monoisotopic (exact) mass is 591 g/mol. The second-order valence-corrected chi connectivity index (χ2v) is 14.0. The third kappa shape index (κ3) is 9.18. The number of carbonyl (C=O) groups is 2. The molecule has 0 radical (unpaired) electrons. The van der Waals surface area contributed by atoms with E-state index in [-0.39, 0.29) is 31.3 Å². The van der Waals surface area contributed by atoms with Crippen LogP contribution in [-0.4, -0.2) is 49.5 Å². The number of carbonyl (C=O) groups excluding carboxylic acids is 2. The van der Waals surface area contributed by atoms with Gasteiger partial charge in [0, 0.05) is 31.5 Å². The normalized spacial score (nSPS) is 12.5. The molecule has 0 aliphatic carbocycles. The van der Waals surface area contributed by atoms with Gasteiger partial charge in [0.1, 0.15) is 6.04 Å². The Morgan fingerprint density at radius 1 is 0.857 bits per heavy atom. The zero-order valence-electron chi connectivity index (χ0n) is 26.0. The minimum atomic E-state index is -3.58. The van der Waals surface area contributed by atoms with Crippen molar-refractivity contribution in [3.63, 3.8) is 0 Å². The molecule has 1 N–H and O–H groups in total. The predicted octanol–water partition coefficient (Wildman–Crippen LogP) is 5.71. The summed E-state index contributed by atoms with van der Waals surface area (Å²) in [6.07, 6.45) is 1.95. The molecule has 2 amide bonds. The standard InChI is InChI=1S/C34H45N3O4S/c1-25-16-13-20-30(27(25)3)37(42(7,40)41)22-14-21-32(38)36(24-29-19-12-11-15-26(29)2)31(33(39)35-34(4,5)6)23-28-17-9-8-10-18-28/h8-13,15-20,31H,14,21-24H2,1-7H3,(H,35,39)/t31-/m1/s1. The summed E-state index contributed by atoms with van der Waals surface area (Å²) in [5.41, 5.74) is 4.96. The van der Waals surface area contributed by atoms with Crippen LogP contribution in [0.1, 0.15) is 61.4 Å². The van der Waals surface area contributed by atoms with Crippen LogP contribution in [0.4, 0.5) is 5.69 Å². The maximum absolute atomic E-state index is 14.0. The molecule has 0 fully saturated rings. The Morgan fingerprint density at radius 3 is 2.10 bits per heavy atom. The topological polar surface area (TPSA) is 86.8 Å². The van der Waals surface area contributed by atoms with Crippen LogP contribution in [0.25, 0.3) is 0 Å². The molecule has 0 aromatic heterocycles. The van der Waals surface area contributed by atoms with E-state index < -0.39 is 21.6 Å². The second-order valence-electron chi connectivity index (χ2n) is 12.1. The van der Waals surface area contributed by atoms with Crippen LogP contribution in [0, 0.1) is 20.8 Å². The minimum Gasteiger partial charge on any atom is -0.350 e. The molecule has 42 heavy (non-hydrogen) atoms. The number of aryl methyl sites for hydroxylation is 2. The zero-order chi connectivity index (χ0) is 31.1. The van der Waals surface area contributed by atoms with Crippen molar-refractivity contribution < 1.29 is 18.0 Å². The van der Waals surface area contributed by atoms with Gasteiger partial charge in [-0.3, -0.25) is 13.9 Å². The van der Waals surface area contributed by atoms with Gasteiger partial charge in [-0.2, -0.15) is 0 Å². The van der Waals surface area contributed by atoms with Gasteiger partial charge in [-0.15, -0.1) is 0 Å². The van der Waals surface area contributed by atoms with E-state index in [2.05, 4.69) is 5.32 Å². The number of hydrogen-bond donors (Lipinski definition) is 1. The van der Waals surface area contributed by atoms with Crippen LogP contribution in [0.3, 0.4) is 0 Å². The van der Waals surface area contributed by atoms with E-state index in [0.717, 1.165) is 27.8 Å². The SMILES string of the molecule is Cc1ccccc1CN(C(=O)CCCN(c1cccc(C)c1C)S(C)(=O)=O)[C@H](Cc1ccccc1)C(=O)NC(C)(C)C. The third-order valence-electron chi connectivity index (χ3n) is 7.37. The summed E-state index contributed by atoms with van der Waals surface area (Å²) in [5.74, 6) is -0.418. The molecule has 0 heterocycles. The Morgan fingerprint density at radius 2 is 1.48 bits per heavy atom. The van der Waals surface area contributed by atoms with E-state index in [9.17, 15) is 18.0 Å². The van der Waals surface area contributed by atoms with Crippen LogP contribution in [0.5, 0.6) is 0 Å². The zero-order valence-corrected chi connectivity index (χ0v) is 26.8. The van der Waals surface area contributed by atoms with Gasteiger partial charge in [-0.05, 0) is 81.8 Å². The highest BCUT2D eigenvalue weighted by molar-refractivity contribution is 7.92. The Hall–Kier alpha value is -3.65. The van der Waals surface area contributed by atoms with Gasteiger partial charge in [0.25, 0.3) is 0 Å². The number of sulfonamides is 1. The Balaban J connectivity index is 1.93. The lowest BCUT2D eigenvalue weighted by Crippen LogP contribution is -2.54. The van der Waals surface area contributed by atoms with Gasteiger partial charge >= 0.3 is 0 Å². The van der Waals surface area contributed by atoms with Crippen molar-refractivity contribution in [3.05, 3.63) is 101 Å². The third-order valence-corrected chi connectivity index (χ3v) is 8.55. The molecule has 1 atom stereocenters. The number of nitrogens with zero attached hydrogens (tertiary/aromatic N) is 2. The first-order valence-electron chi connectivity index (χ1n) is 14.4. The van der Waals surface area contributed by atoms with Crippen molar-refractivity contribution in [2.45, 2.75) is 78.9 Å². The van der Waals surface area contributed by atoms with Crippen molar-refractivity contribution in [2.75, 3.05) is 17.1 Å². The summed E-state index contributed by atoms with van der Waals surface area (Å²) >= 11 is 0. The van der Waals surface area contributed by atoms with E-state index in [1.54, 1.807) is 11.0 Å². The largest absolute Gasteiger partial charge is 0.350 e. The highest BCUT2D eigenvalue weighted by Crippen LogP contribution is 2.26. The molecule has 7 nitrogen and oxygen atoms in total. The molecular weight excluding hydrogens is 546 g/mol. The molecule has 3 aromatic carbocycles. The van der Waals surface area contributed by atoms with Crippen LogP contribution in [-0.2, 0) is 32.6 Å². The first kappa shape index (κ1) is 32.9. The fourth-order valence-electron chi connectivity index (χ4n) is 4.97. The first-order chi connectivity index (χ1) is 19.7. The van der Waals surface area contributed by atoms with E-state index in [4.69, 9.17) is 0 Å². The summed E-state index contributed by atoms with van der Waals surface area (Å²) < 4.78 is 27.0. The van der Waals surface area contributed by atoms with E-state index in [1.807, 2.05) is 108 Å². The van der Waals surface area contributed by atoms with Crippen LogP contribution in [0.15, 0.2) is 72.8 Å². The molecule has 3 aromatic rings. The molecule has 0 unspecified atom stereocenters. The highest BCUT2D eigenvalue weighted by Gasteiger charge is 2.32. The molecule has 226 valence electrons. The fourth-order valence-corrected chi connectivity index (χ4v) is 5.98. The van der Waals surface area contributed by atoms with Gasteiger partial charge in [0.15, 0.2) is 0 Å². The summed E-state index contributed by atoms with van der Waals surface area (Å²) in [5, 5.41) is 3.08.